The summed E-state index contributed by atoms with van der Waals surface area (Å²) in [5.74, 6) is -0.729. The third kappa shape index (κ3) is 3.57. The summed E-state index contributed by atoms with van der Waals surface area (Å²) >= 11 is 0.964. The molecular formula is C14H14N2O4S. The Morgan fingerprint density at radius 2 is 2.19 bits per heavy atom. The first-order valence-electron chi connectivity index (χ1n) is 6.13. The monoisotopic (exact) mass is 306 g/mol. The summed E-state index contributed by atoms with van der Waals surface area (Å²) in [7, 11) is 1.55. The average molecular weight is 306 g/mol. The number of ether oxygens (including phenoxy) is 1. The van der Waals surface area contributed by atoms with Crippen LogP contribution < -0.4 is 10.1 Å². The minimum Gasteiger partial charge on any atom is -0.497 e. The molecule has 7 heteroatoms. The number of carboxylic acids is 1. The number of hydrogen-bond donors (Lipinski definition) is 2. The number of methoxy groups -OCH3 is 1. The summed E-state index contributed by atoms with van der Waals surface area (Å²) in [4.78, 5) is 23.1. The van der Waals surface area contributed by atoms with E-state index in [1.54, 1.807) is 38.3 Å². The Morgan fingerprint density at radius 3 is 2.86 bits per heavy atom. The van der Waals surface area contributed by atoms with E-state index in [-0.39, 0.29) is 22.9 Å². The molecule has 21 heavy (non-hydrogen) atoms. The van der Waals surface area contributed by atoms with Gasteiger partial charge in [-0.25, -0.2) is 4.79 Å². The lowest BCUT2D eigenvalue weighted by atomic mass is 10.1. The Kier molecular flexibility index (Phi) is 4.54. The molecule has 0 unspecified atom stereocenters. The highest BCUT2D eigenvalue weighted by atomic mass is 32.1. The maximum Gasteiger partial charge on any atom is 0.340 e. The molecule has 0 bridgehead atoms. The first-order valence-corrected chi connectivity index (χ1v) is 6.91. The Balaban J connectivity index is 2.10. The average Bonchev–Trinajstić information content (AvgIpc) is 2.79. The van der Waals surface area contributed by atoms with Crippen LogP contribution in [0.3, 0.4) is 0 Å². The van der Waals surface area contributed by atoms with Gasteiger partial charge in [0.2, 0.25) is 5.91 Å². The number of aromatic carboxylic acids is 1. The van der Waals surface area contributed by atoms with Gasteiger partial charge < -0.3 is 15.2 Å². The van der Waals surface area contributed by atoms with Crippen molar-refractivity contribution in [1.29, 1.82) is 0 Å². The lowest BCUT2D eigenvalue weighted by Gasteiger charge is -2.05. The maximum atomic E-state index is 12.0. The molecule has 1 amide bonds. The van der Waals surface area contributed by atoms with Crippen LogP contribution in [0.1, 0.15) is 21.6 Å². The Morgan fingerprint density at radius 1 is 1.43 bits per heavy atom. The first kappa shape index (κ1) is 15.0. The maximum absolute atomic E-state index is 12.0. The number of aryl methyl sites for hydroxylation is 1. The Labute approximate surface area is 125 Å². The van der Waals surface area contributed by atoms with Crippen molar-refractivity contribution in [3.05, 3.63) is 41.1 Å². The summed E-state index contributed by atoms with van der Waals surface area (Å²) in [5.41, 5.74) is 1.22. The highest BCUT2D eigenvalue weighted by molar-refractivity contribution is 7.11. The highest BCUT2D eigenvalue weighted by Gasteiger charge is 2.19. The van der Waals surface area contributed by atoms with Crippen LogP contribution in [0.5, 0.6) is 5.75 Å². The standard InChI is InChI=1S/C14H14N2O4S/c1-8-12(14(18)19)13(21-16-8)15-11(17)7-9-4-3-5-10(6-9)20-2/h3-6H,7H2,1-2H3,(H,15,17)(H,18,19). The van der Waals surface area contributed by atoms with Gasteiger partial charge in [0, 0.05) is 0 Å². The smallest absolute Gasteiger partial charge is 0.340 e. The van der Waals surface area contributed by atoms with E-state index in [1.165, 1.54) is 0 Å². The van der Waals surface area contributed by atoms with Crippen LogP contribution in [0.15, 0.2) is 24.3 Å². The molecule has 0 saturated heterocycles. The summed E-state index contributed by atoms with van der Waals surface area (Å²) in [6.45, 7) is 1.59. The van der Waals surface area contributed by atoms with Crippen LogP contribution in [-0.4, -0.2) is 28.5 Å². The third-order valence-corrected chi connectivity index (χ3v) is 3.68. The van der Waals surface area contributed by atoms with E-state index in [1.807, 2.05) is 0 Å². The van der Waals surface area contributed by atoms with Crippen LogP contribution in [0.4, 0.5) is 5.00 Å². The number of amides is 1. The van der Waals surface area contributed by atoms with Gasteiger partial charge in [0.05, 0.1) is 19.2 Å². The van der Waals surface area contributed by atoms with Gasteiger partial charge in [0.25, 0.3) is 0 Å². The number of carboxylic acid groups (broad SMARTS) is 1. The highest BCUT2D eigenvalue weighted by Crippen LogP contribution is 2.24. The first-order chi connectivity index (χ1) is 10.0. The second-order valence-electron chi connectivity index (χ2n) is 4.35. The minimum absolute atomic E-state index is 0.0407. The van der Waals surface area contributed by atoms with E-state index < -0.39 is 5.97 Å². The van der Waals surface area contributed by atoms with Gasteiger partial charge in [-0.3, -0.25) is 4.79 Å². The van der Waals surface area contributed by atoms with Crippen molar-refractivity contribution >= 4 is 28.4 Å². The lowest BCUT2D eigenvalue weighted by molar-refractivity contribution is -0.115. The van der Waals surface area contributed by atoms with E-state index in [9.17, 15) is 9.59 Å². The summed E-state index contributed by atoms with van der Waals surface area (Å²) < 4.78 is 9.04. The number of benzene rings is 1. The quantitative estimate of drug-likeness (QED) is 0.885. The number of nitrogens with one attached hydrogen (secondary N) is 1. The largest absolute Gasteiger partial charge is 0.497 e. The fourth-order valence-electron chi connectivity index (χ4n) is 1.85. The van der Waals surface area contributed by atoms with Gasteiger partial charge >= 0.3 is 5.97 Å². The zero-order chi connectivity index (χ0) is 15.4. The number of nitrogens with zero attached hydrogens (tertiary/aromatic N) is 1. The van der Waals surface area contributed by atoms with E-state index in [0.29, 0.717) is 11.4 Å². The second kappa shape index (κ2) is 6.36. The lowest BCUT2D eigenvalue weighted by Crippen LogP contribution is -2.15. The van der Waals surface area contributed by atoms with Crippen molar-refractivity contribution < 1.29 is 19.4 Å². The molecule has 6 nitrogen and oxygen atoms in total. The third-order valence-electron chi connectivity index (χ3n) is 2.83. The molecule has 0 spiro atoms. The summed E-state index contributed by atoms with van der Waals surface area (Å²) in [5, 5.41) is 12.0. The van der Waals surface area contributed by atoms with E-state index in [0.717, 1.165) is 17.1 Å². The number of carbonyl (C=O) groups excluding carboxylic acids is 1. The molecule has 0 fully saturated rings. The van der Waals surface area contributed by atoms with Crippen LogP contribution in [0.2, 0.25) is 0 Å². The van der Waals surface area contributed by atoms with Crippen molar-refractivity contribution in [2.75, 3.05) is 12.4 Å². The molecule has 0 aliphatic carbocycles. The molecular weight excluding hydrogens is 292 g/mol. The molecule has 110 valence electrons. The normalized spacial score (nSPS) is 10.2. The number of hydrogen-bond acceptors (Lipinski definition) is 5. The molecule has 1 aromatic carbocycles. The SMILES string of the molecule is COc1cccc(CC(=O)Nc2snc(C)c2C(=O)O)c1. The van der Waals surface area contributed by atoms with Crippen LogP contribution in [-0.2, 0) is 11.2 Å². The molecule has 0 radical (unpaired) electrons. The molecule has 2 rings (SSSR count). The topological polar surface area (TPSA) is 88.5 Å². The summed E-state index contributed by atoms with van der Waals surface area (Å²) in [6.07, 6.45) is 0.132. The fourth-order valence-corrected chi connectivity index (χ4v) is 2.65. The summed E-state index contributed by atoms with van der Waals surface area (Å²) in [6, 6.07) is 7.14. The fraction of sp³-hybridized carbons (Fsp3) is 0.214. The zero-order valence-electron chi connectivity index (χ0n) is 11.5. The molecule has 0 aliphatic heterocycles. The molecule has 2 aromatic rings. The molecule has 2 N–H and O–H groups in total. The van der Waals surface area contributed by atoms with Crippen LogP contribution in [0.25, 0.3) is 0 Å². The van der Waals surface area contributed by atoms with Gasteiger partial charge in [-0.15, -0.1) is 0 Å². The van der Waals surface area contributed by atoms with Crippen LogP contribution >= 0.6 is 11.5 Å². The number of aromatic nitrogens is 1. The van der Waals surface area contributed by atoms with Gasteiger partial charge in [-0.2, -0.15) is 4.37 Å². The number of anilines is 1. The molecule has 1 heterocycles. The molecule has 1 aromatic heterocycles. The number of carbonyl (C=O) groups is 2. The predicted octanol–water partition coefficient (Wildman–Crippen LogP) is 2.34. The Hall–Kier alpha value is -2.41. The second-order valence-corrected chi connectivity index (χ2v) is 5.13. The van der Waals surface area contributed by atoms with Crippen molar-refractivity contribution in [2.45, 2.75) is 13.3 Å². The van der Waals surface area contributed by atoms with Crippen molar-refractivity contribution in [1.82, 2.24) is 4.37 Å². The van der Waals surface area contributed by atoms with Gasteiger partial charge in [-0.05, 0) is 36.2 Å². The van der Waals surface area contributed by atoms with E-state index >= 15 is 0 Å². The van der Waals surface area contributed by atoms with Crippen molar-refractivity contribution in [3.8, 4) is 5.75 Å². The minimum atomic E-state index is -1.10. The predicted molar refractivity (Wildman–Crippen MR) is 79.1 cm³/mol. The zero-order valence-corrected chi connectivity index (χ0v) is 12.4. The van der Waals surface area contributed by atoms with E-state index in [2.05, 4.69) is 9.69 Å². The van der Waals surface area contributed by atoms with E-state index in [4.69, 9.17) is 9.84 Å². The van der Waals surface area contributed by atoms with Crippen molar-refractivity contribution in [2.24, 2.45) is 0 Å². The molecule has 0 atom stereocenters. The van der Waals surface area contributed by atoms with Crippen molar-refractivity contribution in [3.63, 3.8) is 0 Å². The molecule has 0 saturated carbocycles. The van der Waals surface area contributed by atoms with Gasteiger partial charge in [0.1, 0.15) is 16.3 Å². The van der Waals surface area contributed by atoms with Gasteiger partial charge in [-0.1, -0.05) is 12.1 Å². The van der Waals surface area contributed by atoms with Gasteiger partial charge in [0.15, 0.2) is 0 Å². The number of rotatable bonds is 5. The Bertz CT molecular complexity index is 681. The molecule has 0 aliphatic rings. The van der Waals surface area contributed by atoms with Crippen LogP contribution in [0, 0.1) is 6.92 Å².